The molecule has 20 heavy (non-hydrogen) atoms. The summed E-state index contributed by atoms with van der Waals surface area (Å²) in [5.74, 6) is -0.512. The molecule has 0 bridgehead atoms. The van der Waals surface area contributed by atoms with E-state index < -0.39 is 15.7 Å². The van der Waals surface area contributed by atoms with Gasteiger partial charge in [0.15, 0.2) is 9.84 Å². The van der Waals surface area contributed by atoms with E-state index in [1.165, 1.54) is 24.3 Å². The fraction of sp³-hybridized carbons (Fsp3) is 0.143. The van der Waals surface area contributed by atoms with Crippen molar-refractivity contribution in [3.8, 4) is 0 Å². The first-order valence-corrected chi connectivity index (χ1v) is 8.01. The van der Waals surface area contributed by atoms with E-state index in [1.807, 2.05) is 0 Å². The molecule has 2 aromatic carbocycles. The topological polar surface area (TPSA) is 46.2 Å². The highest BCUT2D eigenvalue weighted by Crippen LogP contribution is 2.27. The number of halogens is 2. The van der Waals surface area contributed by atoms with Crippen LogP contribution < -0.4 is 5.32 Å². The molecule has 0 aliphatic heterocycles. The number of hydrogen-bond acceptors (Lipinski definition) is 3. The molecule has 6 heteroatoms. The molecule has 0 amide bonds. The van der Waals surface area contributed by atoms with Crippen molar-refractivity contribution < 1.29 is 12.8 Å². The highest BCUT2D eigenvalue weighted by Gasteiger charge is 2.16. The van der Waals surface area contributed by atoms with Crippen LogP contribution in [-0.4, -0.2) is 14.2 Å². The summed E-state index contributed by atoms with van der Waals surface area (Å²) in [7, 11) is -3.34. The lowest BCUT2D eigenvalue weighted by Gasteiger charge is -2.12. The summed E-state index contributed by atoms with van der Waals surface area (Å²) in [6.45, 7) is 1.58. The smallest absolute Gasteiger partial charge is 0.180 e. The predicted octanol–water partition coefficient (Wildman–Crippen LogP) is 4.02. The van der Waals surface area contributed by atoms with Gasteiger partial charge in [-0.2, -0.15) is 0 Å². The molecule has 0 saturated heterocycles. The van der Waals surface area contributed by atoms with Gasteiger partial charge in [0.05, 0.1) is 21.4 Å². The molecule has 1 N–H and O–H groups in total. The summed E-state index contributed by atoms with van der Waals surface area (Å²) in [6.07, 6.45) is 0. The summed E-state index contributed by atoms with van der Waals surface area (Å²) in [4.78, 5) is 0.211. The van der Waals surface area contributed by atoms with Gasteiger partial charge in [-0.1, -0.05) is 30.7 Å². The van der Waals surface area contributed by atoms with Crippen molar-refractivity contribution in [1.29, 1.82) is 0 Å². The van der Waals surface area contributed by atoms with Crippen LogP contribution in [0.15, 0.2) is 47.4 Å². The molecule has 0 fully saturated rings. The first-order chi connectivity index (χ1) is 9.44. The molecule has 0 aromatic heterocycles. The number of sulfone groups is 1. The average Bonchev–Trinajstić information content (AvgIpc) is 2.43. The largest absolute Gasteiger partial charge is 0.354 e. The van der Waals surface area contributed by atoms with Crippen molar-refractivity contribution in [2.75, 3.05) is 11.1 Å². The molecular weight excluding hydrogens is 301 g/mol. The Balaban J connectivity index is 2.42. The van der Waals surface area contributed by atoms with E-state index >= 15 is 0 Å². The maximum Gasteiger partial charge on any atom is 0.180 e. The standard InChI is InChI=1S/C14H13ClFNO2S/c1-2-20(18,19)14-6-4-3-5-13(14)17-10-7-8-12(16)11(15)9-10/h3-9,17H,2H2,1H3. The number of rotatable bonds is 4. The summed E-state index contributed by atoms with van der Waals surface area (Å²) >= 11 is 5.70. The third-order valence-electron chi connectivity index (χ3n) is 2.80. The van der Waals surface area contributed by atoms with Crippen LogP contribution in [0.5, 0.6) is 0 Å². The Morgan fingerprint density at radius 1 is 1.20 bits per heavy atom. The van der Waals surface area contributed by atoms with Crippen molar-refractivity contribution in [1.82, 2.24) is 0 Å². The van der Waals surface area contributed by atoms with Crippen molar-refractivity contribution in [3.05, 3.63) is 53.3 Å². The lowest BCUT2D eigenvalue weighted by atomic mass is 10.2. The zero-order valence-electron chi connectivity index (χ0n) is 10.7. The van der Waals surface area contributed by atoms with E-state index in [9.17, 15) is 12.8 Å². The molecule has 0 saturated carbocycles. The third-order valence-corrected chi connectivity index (χ3v) is 4.88. The lowest BCUT2D eigenvalue weighted by molar-refractivity contribution is 0.597. The number of nitrogens with one attached hydrogen (secondary N) is 1. The van der Waals surface area contributed by atoms with Crippen molar-refractivity contribution in [3.63, 3.8) is 0 Å². The van der Waals surface area contributed by atoms with Crippen LogP contribution in [0.4, 0.5) is 15.8 Å². The van der Waals surface area contributed by atoms with Crippen LogP contribution in [0.3, 0.4) is 0 Å². The maximum atomic E-state index is 13.1. The van der Waals surface area contributed by atoms with Crippen LogP contribution in [0.2, 0.25) is 5.02 Å². The monoisotopic (exact) mass is 313 g/mol. The average molecular weight is 314 g/mol. The molecule has 2 rings (SSSR count). The van der Waals surface area contributed by atoms with Gasteiger partial charge in [0.2, 0.25) is 0 Å². The Kier molecular flexibility index (Phi) is 4.30. The SMILES string of the molecule is CCS(=O)(=O)c1ccccc1Nc1ccc(F)c(Cl)c1. The molecule has 0 unspecified atom stereocenters. The van der Waals surface area contributed by atoms with E-state index in [4.69, 9.17) is 11.6 Å². The van der Waals surface area contributed by atoms with Gasteiger partial charge in [-0.15, -0.1) is 0 Å². The zero-order chi connectivity index (χ0) is 14.8. The van der Waals surface area contributed by atoms with Crippen molar-refractivity contribution in [2.24, 2.45) is 0 Å². The van der Waals surface area contributed by atoms with Gasteiger partial charge in [0.1, 0.15) is 5.82 Å². The van der Waals surface area contributed by atoms with E-state index in [0.717, 1.165) is 0 Å². The summed E-state index contributed by atoms with van der Waals surface area (Å²) in [5.41, 5.74) is 0.965. The molecule has 2 aromatic rings. The second-order valence-electron chi connectivity index (χ2n) is 4.15. The van der Waals surface area contributed by atoms with E-state index in [0.29, 0.717) is 11.4 Å². The van der Waals surface area contributed by atoms with Crippen LogP contribution >= 0.6 is 11.6 Å². The summed E-state index contributed by atoms with van der Waals surface area (Å²) in [5, 5.41) is 2.93. The molecule has 0 aliphatic carbocycles. The zero-order valence-corrected chi connectivity index (χ0v) is 12.3. The third kappa shape index (κ3) is 3.11. The molecule has 0 heterocycles. The first-order valence-electron chi connectivity index (χ1n) is 5.98. The quantitative estimate of drug-likeness (QED) is 0.927. The normalized spacial score (nSPS) is 11.3. The van der Waals surface area contributed by atoms with Crippen LogP contribution in [-0.2, 0) is 9.84 Å². The van der Waals surface area contributed by atoms with E-state index in [1.54, 1.807) is 25.1 Å². The Labute approximate surface area is 122 Å². The highest BCUT2D eigenvalue weighted by molar-refractivity contribution is 7.91. The number of anilines is 2. The van der Waals surface area contributed by atoms with Gasteiger partial charge in [-0.05, 0) is 30.3 Å². The van der Waals surface area contributed by atoms with Crippen LogP contribution in [0.25, 0.3) is 0 Å². The van der Waals surface area contributed by atoms with E-state index in [-0.39, 0.29) is 15.7 Å². The maximum absolute atomic E-state index is 13.1. The van der Waals surface area contributed by atoms with Crippen molar-refractivity contribution in [2.45, 2.75) is 11.8 Å². The molecule has 0 spiro atoms. The number of hydrogen-bond donors (Lipinski definition) is 1. The molecule has 106 valence electrons. The van der Waals surface area contributed by atoms with Gasteiger partial charge in [-0.25, -0.2) is 12.8 Å². The molecule has 0 atom stereocenters. The molecule has 0 aliphatic rings. The number of para-hydroxylation sites is 1. The van der Waals surface area contributed by atoms with E-state index in [2.05, 4.69) is 5.32 Å². The molecular formula is C14H13ClFNO2S. The van der Waals surface area contributed by atoms with Gasteiger partial charge in [0.25, 0.3) is 0 Å². The highest BCUT2D eigenvalue weighted by atomic mass is 35.5. The van der Waals surface area contributed by atoms with Gasteiger partial charge in [-0.3, -0.25) is 0 Å². The van der Waals surface area contributed by atoms with Crippen LogP contribution in [0, 0.1) is 5.82 Å². The second-order valence-corrected chi connectivity index (χ2v) is 6.81. The molecule has 0 radical (unpaired) electrons. The Hall–Kier alpha value is -1.59. The summed E-state index contributed by atoms with van der Waals surface area (Å²) in [6, 6.07) is 10.7. The first kappa shape index (κ1) is 14.8. The van der Waals surface area contributed by atoms with Crippen molar-refractivity contribution >= 4 is 32.8 Å². The fourth-order valence-electron chi connectivity index (χ4n) is 1.73. The Bertz CT molecular complexity index is 732. The van der Waals surface area contributed by atoms with Gasteiger partial charge >= 0.3 is 0 Å². The minimum absolute atomic E-state index is 0.00979. The Morgan fingerprint density at radius 3 is 2.55 bits per heavy atom. The minimum atomic E-state index is -3.34. The predicted molar refractivity (Wildman–Crippen MR) is 78.9 cm³/mol. The summed E-state index contributed by atoms with van der Waals surface area (Å²) < 4.78 is 37.1. The second kappa shape index (κ2) is 5.81. The lowest BCUT2D eigenvalue weighted by Crippen LogP contribution is -2.07. The minimum Gasteiger partial charge on any atom is -0.354 e. The molecule has 3 nitrogen and oxygen atoms in total. The Morgan fingerprint density at radius 2 is 1.90 bits per heavy atom. The van der Waals surface area contributed by atoms with Gasteiger partial charge < -0.3 is 5.32 Å². The van der Waals surface area contributed by atoms with Gasteiger partial charge in [0, 0.05) is 5.69 Å². The number of benzene rings is 2. The fourth-order valence-corrected chi connectivity index (χ4v) is 2.96. The van der Waals surface area contributed by atoms with Crippen LogP contribution in [0.1, 0.15) is 6.92 Å².